The van der Waals surface area contributed by atoms with Crippen LogP contribution in [0.25, 0.3) is 20.8 Å². The molecule has 7 nitrogen and oxygen atoms in total. The molecule has 1 aliphatic rings. The summed E-state index contributed by atoms with van der Waals surface area (Å²) in [4.78, 5) is 19.9. The van der Waals surface area contributed by atoms with Gasteiger partial charge in [-0.25, -0.2) is 13.4 Å². The number of sulfonamides is 1. The first kappa shape index (κ1) is 29.8. The van der Waals surface area contributed by atoms with E-state index in [2.05, 4.69) is 44.4 Å². The summed E-state index contributed by atoms with van der Waals surface area (Å²) in [5.41, 5.74) is 3.13. The highest BCUT2D eigenvalue weighted by molar-refractivity contribution is 7.89. The molecule has 0 aliphatic carbocycles. The van der Waals surface area contributed by atoms with Crippen molar-refractivity contribution in [2.24, 2.45) is 0 Å². The second-order valence-electron chi connectivity index (χ2n) is 11.8. The summed E-state index contributed by atoms with van der Waals surface area (Å²) < 4.78 is 29.0. The molecule has 0 radical (unpaired) electrons. The van der Waals surface area contributed by atoms with Crippen LogP contribution in [0.3, 0.4) is 0 Å². The summed E-state index contributed by atoms with van der Waals surface area (Å²) >= 11 is 3.22. The van der Waals surface area contributed by atoms with Crippen molar-refractivity contribution in [3.05, 3.63) is 64.5 Å². The van der Waals surface area contributed by atoms with Crippen molar-refractivity contribution in [2.45, 2.75) is 76.8 Å². The van der Waals surface area contributed by atoms with Crippen LogP contribution < -0.4 is 10.6 Å². The second kappa shape index (κ2) is 11.2. The number of benzene rings is 2. The quantitative estimate of drug-likeness (QED) is 0.208. The number of rotatable bonds is 9. The third-order valence-corrected chi connectivity index (χ3v) is 11.7. The minimum atomic E-state index is -3.62. The summed E-state index contributed by atoms with van der Waals surface area (Å²) in [7, 11) is -3.62. The van der Waals surface area contributed by atoms with E-state index in [1.165, 1.54) is 26.9 Å². The molecule has 5 rings (SSSR count). The first-order valence-corrected chi connectivity index (χ1v) is 17.2. The standard InChI is InChI=1S/C31H38N4O3S3/c1-7-17-35(18-8-2)41(37,38)21-15-13-20(14-16-21)27(36)33-29-25(28-32-23-11-9-10-12-24(23)39-28)22-19-30(3,4)34-31(5,6)26(22)40-29/h9-16,34H,7-8,17-19H2,1-6H3,(H,33,36). The number of hydrogen-bond acceptors (Lipinski definition) is 7. The predicted molar refractivity (Wildman–Crippen MR) is 171 cm³/mol. The first-order valence-electron chi connectivity index (χ1n) is 14.1. The zero-order chi connectivity index (χ0) is 29.6. The molecule has 0 saturated carbocycles. The Morgan fingerprint density at radius 1 is 1.00 bits per heavy atom. The number of nitrogens with zero attached hydrogens (tertiary/aromatic N) is 2. The topological polar surface area (TPSA) is 91.4 Å². The number of para-hydroxylation sites is 1. The molecule has 4 aromatic rings. The number of amides is 1. The van der Waals surface area contributed by atoms with Crippen LogP contribution in [0.4, 0.5) is 5.00 Å². The smallest absolute Gasteiger partial charge is 0.256 e. The van der Waals surface area contributed by atoms with Gasteiger partial charge in [-0.05, 0) is 88.9 Å². The molecule has 0 spiro atoms. The Labute approximate surface area is 251 Å². The Kier molecular flexibility index (Phi) is 8.17. The highest BCUT2D eigenvalue weighted by atomic mass is 32.2. The molecule has 0 saturated heterocycles. The minimum absolute atomic E-state index is 0.130. The van der Waals surface area contributed by atoms with E-state index in [0.29, 0.717) is 18.7 Å². The lowest BCUT2D eigenvalue weighted by atomic mass is 9.81. The molecule has 0 fully saturated rings. The van der Waals surface area contributed by atoms with Gasteiger partial charge in [0.2, 0.25) is 10.0 Å². The van der Waals surface area contributed by atoms with Gasteiger partial charge in [-0.3, -0.25) is 4.79 Å². The number of nitrogens with one attached hydrogen (secondary N) is 2. The highest BCUT2D eigenvalue weighted by Crippen LogP contribution is 2.50. The van der Waals surface area contributed by atoms with Crippen molar-refractivity contribution in [2.75, 3.05) is 18.4 Å². The molecule has 218 valence electrons. The highest BCUT2D eigenvalue weighted by Gasteiger charge is 2.41. The van der Waals surface area contributed by atoms with Crippen LogP contribution in [0.1, 0.15) is 75.2 Å². The minimum Gasteiger partial charge on any atom is -0.313 e. The zero-order valence-corrected chi connectivity index (χ0v) is 26.9. The van der Waals surface area contributed by atoms with E-state index in [9.17, 15) is 13.2 Å². The summed E-state index contributed by atoms with van der Waals surface area (Å²) in [5.74, 6) is -0.279. The fraction of sp³-hybridized carbons (Fsp3) is 0.419. The van der Waals surface area contributed by atoms with E-state index in [4.69, 9.17) is 4.98 Å². The molecule has 0 atom stereocenters. The molecule has 0 bridgehead atoms. The van der Waals surface area contributed by atoms with Crippen molar-refractivity contribution in [3.63, 3.8) is 0 Å². The van der Waals surface area contributed by atoms with Gasteiger partial charge in [0, 0.05) is 40.2 Å². The van der Waals surface area contributed by atoms with E-state index >= 15 is 0 Å². The lowest BCUT2D eigenvalue weighted by Crippen LogP contribution is -2.54. The van der Waals surface area contributed by atoms with E-state index < -0.39 is 10.0 Å². The molecule has 2 N–H and O–H groups in total. The maximum atomic E-state index is 13.6. The number of aromatic nitrogens is 1. The number of fused-ring (bicyclic) bond motifs is 2. The van der Waals surface area contributed by atoms with E-state index in [0.717, 1.165) is 45.1 Å². The van der Waals surface area contributed by atoms with Crippen LogP contribution in [0, 0.1) is 0 Å². The van der Waals surface area contributed by atoms with Crippen molar-refractivity contribution in [1.82, 2.24) is 14.6 Å². The van der Waals surface area contributed by atoms with Gasteiger partial charge in [-0.2, -0.15) is 4.31 Å². The van der Waals surface area contributed by atoms with Gasteiger partial charge in [0.25, 0.3) is 5.91 Å². The van der Waals surface area contributed by atoms with E-state index in [1.54, 1.807) is 34.8 Å². The third-order valence-electron chi connectivity index (χ3n) is 7.28. The fourth-order valence-electron chi connectivity index (χ4n) is 5.77. The monoisotopic (exact) mass is 610 g/mol. The van der Waals surface area contributed by atoms with Crippen molar-refractivity contribution in [3.8, 4) is 10.6 Å². The first-order chi connectivity index (χ1) is 19.4. The molecule has 41 heavy (non-hydrogen) atoms. The van der Waals surface area contributed by atoms with E-state index in [1.807, 2.05) is 32.0 Å². The molecule has 0 unspecified atom stereocenters. The molecule has 10 heteroatoms. The van der Waals surface area contributed by atoms with Crippen LogP contribution in [-0.4, -0.2) is 42.2 Å². The molecule has 1 amide bonds. The summed E-state index contributed by atoms with van der Waals surface area (Å²) in [6.45, 7) is 13.6. The Hall–Kier alpha value is -2.63. The second-order valence-corrected chi connectivity index (χ2v) is 15.8. The van der Waals surface area contributed by atoms with Gasteiger partial charge in [0.1, 0.15) is 10.0 Å². The number of carbonyl (C=O) groups excluding carboxylic acids is 1. The number of thiazole rings is 1. The molecular formula is C31H38N4O3S3. The maximum Gasteiger partial charge on any atom is 0.256 e. The molecule has 3 heterocycles. The van der Waals surface area contributed by atoms with E-state index in [-0.39, 0.29) is 21.9 Å². The number of carbonyl (C=O) groups is 1. The van der Waals surface area contributed by atoms with Gasteiger partial charge in [0.15, 0.2) is 0 Å². The number of hydrogen-bond donors (Lipinski definition) is 2. The van der Waals surface area contributed by atoms with Crippen LogP contribution in [0.2, 0.25) is 0 Å². The Morgan fingerprint density at radius 3 is 2.29 bits per heavy atom. The average Bonchev–Trinajstić information content (AvgIpc) is 3.48. The lowest BCUT2D eigenvalue weighted by molar-refractivity contribution is 0.102. The summed E-state index contributed by atoms with van der Waals surface area (Å²) in [6.07, 6.45) is 2.29. The van der Waals surface area contributed by atoms with Crippen molar-refractivity contribution in [1.29, 1.82) is 0 Å². The molecule has 2 aromatic heterocycles. The van der Waals surface area contributed by atoms with Gasteiger partial charge in [0.05, 0.1) is 15.1 Å². The molecule has 2 aromatic carbocycles. The maximum absolute atomic E-state index is 13.6. The predicted octanol–water partition coefficient (Wildman–Crippen LogP) is 7.25. The number of anilines is 1. The summed E-state index contributed by atoms with van der Waals surface area (Å²) in [5, 5.41) is 8.59. The zero-order valence-electron chi connectivity index (χ0n) is 24.5. The van der Waals surface area contributed by atoms with Crippen LogP contribution in [0.5, 0.6) is 0 Å². The van der Waals surface area contributed by atoms with Crippen molar-refractivity contribution >= 4 is 53.8 Å². The Balaban J connectivity index is 1.51. The fourth-order valence-corrected chi connectivity index (χ4v) is 9.78. The Morgan fingerprint density at radius 2 is 1.66 bits per heavy atom. The van der Waals surface area contributed by atoms with Crippen molar-refractivity contribution < 1.29 is 13.2 Å². The largest absolute Gasteiger partial charge is 0.313 e. The Bertz CT molecular complexity index is 1650. The van der Waals surface area contributed by atoms with Gasteiger partial charge < -0.3 is 10.6 Å². The number of thiophene rings is 1. The van der Waals surface area contributed by atoms with Gasteiger partial charge in [-0.1, -0.05) is 26.0 Å². The summed E-state index contributed by atoms with van der Waals surface area (Å²) in [6, 6.07) is 14.3. The van der Waals surface area contributed by atoms with Crippen LogP contribution >= 0.6 is 22.7 Å². The lowest BCUT2D eigenvalue weighted by Gasteiger charge is -2.42. The third kappa shape index (κ3) is 5.85. The van der Waals surface area contributed by atoms with Crippen LogP contribution in [-0.2, 0) is 22.0 Å². The SMILES string of the molecule is CCCN(CCC)S(=O)(=O)c1ccc(C(=O)Nc2sc3c(c2-c2nc4ccccc4s2)CC(C)(C)NC3(C)C)cc1. The molecule has 1 aliphatic heterocycles. The van der Waals surface area contributed by atoms with Gasteiger partial charge in [-0.15, -0.1) is 22.7 Å². The molecular weight excluding hydrogens is 573 g/mol. The normalized spacial score (nSPS) is 16.2. The average molecular weight is 611 g/mol. The van der Waals surface area contributed by atoms with Crippen LogP contribution in [0.15, 0.2) is 53.4 Å². The van der Waals surface area contributed by atoms with Gasteiger partial charge >= 0.3 is 0 Å².